The number of carbonyl (C=O) groups is 1. The number of carbonyl (C=O) groups excluding carboxylic acids is 1. The third-order valence-electron chi connectivity index (χ3n) is 3.32. The van der Waals surface area contributed by atoms with Gasteiger partial charge in [0.05, 0.1) is 0 Å². The summed E-state index contributed by atoms with van der Waals surface area (Å²) in [7, 11) is 0. The number of hydrogen-bond acceptors (Lipinski definition) is 3. The fraction of sp³-hybridized carbons (Fsp3) is 0.562. The zero-order valence-corrected chi connectivity index (χ0v) is 13.4. The molecule has 0 aliphatic carbocycles. The first-order valence-corrected chi connectivity index (χ1v) is 7.71. The predicted molar refractivity (Wildman–Crippen MR) is 84.8 cm³/mol. The number of benzene rings is 1. The van der Waals surface area contributed by atoms with Gasteiger partial charge in [0.2, 0.25) is 0 Å². The SMILES string of the molecule is CCCC(CCO)CNC(=O)COc1ccc(Cl)cc1C. The van der Waals surface area contributed by atoms with Gasteiger partial charge in [0.15, 0.2) is 6.61 Å². The Hall–Kier alpha value is -1.26. The first-order valence-electron chi connectivity index (χ1n) is 7.33. The van der Waals surface area contributed by atoms with E-state index >= 15 is 0 Å². The van der Waals surface area contributed by atoms with Gasteiger partial charge in [-0.3, -0.25) is 4.79 Å². The molecular formula is C16H24ClNO3. The van der Waals surface area contributed by atoms with Gasteiger partial charge in [-0.2, -0.15) is 0 Å². The predicted octanol–water partition coefficient (Wildman–Crippen LogP) is 2.94. The second-order valence-corrected chi connectivity index (χ2v) is 5.61. The molecule has 1 atom stereocenters. The molecule has 0 aliphatic heterocycles. The van der Waals surface area contributed by atoms with Gasteiger partial charge in [0.1, 0.15) is 5.75 Å². The maximum absolute atomic E-state index is 11.8. The van der Waals surface area contributed by atoms with Crippen molar-refractivity contribution in [2.45, 2.75) is 33.1 Å². The van der Waals surface area contributed by atoms with Crippen LogP contribution in [0.3, 0.4) is 0 Å². The Balaban J connectivity index is 2.36. The normalized spacial score (nSPS) is 12.0. The summed E-state index contributed by atoms with van der Waals surface area (Å²) in [5, 5.41) is 12.5. The number of hydrogen-bond donors (Lipinski definition) is 2. The third-order valence-corrected chi connectivity index (χ3v) is 3.55. The van der Waals surface area contributed by atoms with Crippen LogP contribution in [0.5, 0.6) is 5.75 Å². The fourth-order valence-corrected chi connectivity index (χ4v) is 2.39. The van der Waals surface area contributed by atoms with Crippen molar-refractivity contribution in [3.8, 4) is 5.75 Å². The van der Waals surface area contributed by atoms with E-state index in [1.54, 1.807) is 18.2 Å². The molecule has 0 heterocycles. The number of aryl methyl sites for hydroxylation is 1. The molecule has 0 bridgehead atoms. The lowest BCUT2D eigenvalue weighted by Gasteiger charge is -2.16. The van der Waals surface area contributed by atoms with Gasteiger partial charge in [0, 0.05) is 18.2 Å². The van der Waals surface area contributed by atoms with Crippen LogP contribution in [0.15, 0.2) is 18.2 Å². The molecule has 1 aromatic rings. The minimum Gasteiger partial charge on any atom is -0.484 e. The topological polar surface area (TPSA) is 58.6 Å². The van der Waals surface area contributed by atoms with Gasteiger partial charge in [-0.25, -0.2) is 0 Å². The van der Waals surface area contributed by atoms with Crippen molar-refractivity contribution in [1.29, 1.82) is 0 Å². The highest BCUT2D eigenvalue weighted by Gasteiger charge is 2.10. The van der Waals surface area contributed by atoms with E-state index in [9.17, 15) is 4.79 Å². The van der Waals surface area contributed by atoms with E-state index in [2.05, 4.69) is 12.2 Å². The quantitative estimate of drug-likeness (QED) is 0.737. The zero-order valence-electron chi connectivity index (χ0n) is 12.7. The molecule has 0 spiro atoms. The van der Waals surface area contributed by atoms with E-state index in [0.717, 1.165) is 18.4 Å². The molecule has 0 fully saturated rings. The van der Waals surface area contributed by atoms with Crippen LogP contribution in [0.1, 0.15) is 31.7 Å². The Morgan fingerprint density at radius 2 is 2.19 bits per heavy atom. The summed E-state index contributed by atoms with van der Waals surface area (Å²) in [6.45, 7) is 4.70. The standard InChI is InChI=1S/C16H24ClNO3/c1-3-4-13(7-8-19)10-18-16(20)11-21-15-6-5-14(17)9-12(15)2/h5-6,9,13,19H,3-4,7-8,10-11H2,1-2H3,(H,18,20). The highest BCUT2D eigenvalue weighted by molar-refractivity contribution is 6.30. The number of amides is 1. The van der Waals surface area contributed by atoms with Crippen molar-refractivity contribution < 1.29 is 14.6 Å². The van der Waals surface area contributed by atoms with Gasteiger partial charge < -0.3 is 15.2 Å². The highest BCUT2D eigenvalue weighted by Crippen LogP contribution is 2.21. The number of halogens is 1. The largest absolute Gasteiger partial charge is 0.484 e. The summed E-state index contributed by atoms with van der Waals surface area (Å²) < 4.78 is 5.49. The highest BCUT2D eigenvalue weighted by atomic mass is 35.5. The molecular weight excluding hydrogens is 290 g/mol. The molecule has 0 saturated heterocycles. The first-order chi connectivity index (χ1) is 10.1. The lowest BCUT2D eigenvalue weighted by Crippen LogP contribution is -2.33. The Kier molecular flexibility index (Phi) is 8.16. The molecule has 1 unspecified atom stereocenters. The van der Waals surface area contributed by atoms with Crippen LogP contribution in [-0.2, 0) is 4.79 Å². The average molecular weight is 314 g/mol. The monoisotopic (exact) mass is 313 g/mol. The summed E-state index contributed by atoms with van der Waals surface area (Å²) in [5.41, 5.74) is 0.902. The fourth-order valence-electron chi connectivity index (χ4n) is 2.17. The first kappa shape index (κ1) is 17.8. The van der Waals surface area contributed by atoms with Gasteiger partial charge >= 0.3 is 0 Å². The number of aliphatic hydroxyl groups is 1. The van der Waals surface area contributed by atoms with Crippen LogP contribution in [0, 0.1) is 12.8 Å². The summed E-state index contributed by atoms with van der Waals surface area (Å²) in [6.07, 6.45) is 2.75. The summed E-state index contributed by atoms with van der Waals surface area (Å²) in [4.78, 5) is 11.8. The average Bonchev–Trinajstić information content (AvgIpc) is 2.44. The third kappa shape index (κ3) is 6.82. The lowest BCUT2D eigenvalue weighted by atomic mass is 10.0. The van der Waals surface area contributed by atoms with E-state index in [4.69, 9.17) is 21.4 Å². The van der Waals surface area contributed by atoms with Crippen molar-refractivity contribution in [3.05, 3.63) is 28.8 Å². The number of ether oxygens (including phenoxy) is 1. The number of aliphatic hydroxyl groups excluding tert-OH is 1. The smallest absolute Gasteiger partial charge is 0.257 e. The van der Waals surface area contributed by atoms with Crippen molar-refractivity contribution in [2.75, 3.05) is 19.8 Å². The van der Waals surface area contributed by atoms with Crippen molar-refractivity contribution >= 4 is 17.5 Å². The number of rotatable bonds is 9. The Bertz CT molecular complexity index is 445. The summed E-state index contributed by atoms with van der Waals surface area (Å²) >= 11 is 5.87. The minimum atomic E-state index is -0.150. The van der Waals surface area contributed by atoms with Gasteiger partial charge in [-0.15, -0.1) is 0 Å². The zero-order chi connectivity index (χ0) is 15.7. The molecule has 2 N–H and O–H groups in total. The Labute approximate surface area is 131 Å². The van der Waals surface area contributed by atoms with Crippen LogP contribution in [0.4, 0.5) is 0 Å². The Morgan fingerprint density at radius 3 is 2.81 bits per heavy atom. The molecule has 118 valence electrons. The molecule has 0 aromatic heterocycles. The van der Waals surface area contributed by atoms with Crippen molar-refractivity contribution in [2.24, 2.45) is 5.92 Å². The van der Waals surface area contributed by atoms with Gasteiger partial charge in [-0.1, -0.05) is 24.9 Å². The maximum Gasteiger partial charge on any atom is 0.257 e. The van der Waals surface area contributed by atoms with Crippen LogP contribution < -0.4 is 10.1 Å². The molecule has 1 amide bonds. The van der Waals surface area contributed by atoms with Gasteiger partial charge in [0.25, 0.3) is 5.91 Å². The van der Waals surface area contributed by atoms with Gasteiger partial charge in [-0.05, 0) is 49.4 Å². The second-order valence-electron chi connectivity index (χ2n) is 5.17. The lowest BCUT2D eigenvalue weighted by molar-refractivity contribution is -0.123. The molecule has 21 heavy (non-hydrogen) atoms. The molecule has 1 rings (SSSR count). The molecule has 4 nitrogen and oxygen atoms in total. The van der Waals surface area contributed by atoms with Crippen LogP contribution >= 0.6 is 11.6 Å². The second kappa shape index (κ2) is 9.64. The van der Waals surface area contributed by atoms with E-state index < -0.39 is 0 Å². The van der Waals surface area contributed by atoms with E-state index in [0.29, 0.717) is 29.7 Å². The molecule has 1 aromatic carbocycles. The van der Waals surface area contributed by atoms with Crippen LogP contribution in [0.25, 0.3) is 0 Å². The Morgan fingerprint density at radius 1 is 1.43 bits per heavy atom. The van der Waals surface area contributed by atoms with Crippen molar-refractivity contribution in [3.63, 3.8) is 0 Å². The van der Waals surface area contributed by atoms with E-state index in [1.807, 2.05) is 6.92 Å². The summed E-state index contributed by atoms with van der Waals surface area (Å²) in [6, 6.07) is 5.30. The maximum atomic E-state index is 11.8. The number of nitrogens with one attached hydrogen (secondary N) is 1. The van der Waals surface area contributed by atoms with E-state index in [-0.39, 0.29) is 19.1 Å². The molecule has 0 aliphatic rings. The summed E-state index contributed by atoms with van der Waals surface area (Å²) in [5.74, 6) is 0.833. The molecule has 0 saturated carbocycles. The molecule has 0 radical (unpaired) electrons. The van der Waals surface area contributed by atoms with Crippen LogP contribution in [0.2, 0.25) is 5.02 Å². The molecule has 5 heteroatoms. The minimum absolute atomic E-state index is 0.0135. The van der Waals surface area contributed by atoms with Crippen molar-refractivity contribution in [1.82, 2.24) is 5.32 Å². The van der Waals surface area contributed by atoms with Crippen LogP contribution in [-0.4, -0.2) is 30.8 Å². The van der Waals surface area contributed by atoms with E-state index in [1.165, 1.54) is 0 Å².